The highest BCUT2D eigenvalue weighted by Crippen LogP contribution is 2.35. The number of carbonyl (C=O) groups excluding carboxylic acids is 1. The fourth-order valence-corrected chi connectivity index (χ4v) is 6.12. The number of methoxy groups -OCH3 is 1. The zero-order chi connectivity index (χ0) is 32.3. The molecule has 1 aliphatic heterocycles. The van der Waals surface area contributed by atoms with Gasteiger partial charge < -0.3 is 14.9 Å². The van der Waals surface area contributed by atoms with Crippen LogP contribution in [0.1, 0.15) is 55.1 Å². The molecule has 3 atom stereocenters. The van der Waals surface area contributed by atoms with Crippen LogP contribution in [0.2, 0.25) is 10.0 Å². The minimum absolute atomic E-state index is 0.120. The van der Waals surface area contributed by atoms with Gasteiger partial charge in [0.15, 0.2) is 6.10 Å². The standard InChI is InChI=1S/C28H35ClN2O2.C8H6ClFO2/c1-3-4-10-25(31-17-15-30(16-18-31)20-21-8-6-5-7-9-21)28(32)23-11-13-24-22(19-23)12-14-26(33-2)27(24)29;9-6-3-1-5(2-4-6)7(11)8(10)12/h5-9,11-14,19,25,28,32H,3-4,10,15-18,20H2,1-2H3;1-4,7,11H/t25-,28-;7-/m01/s1. The minimum Gasteiger partial charge on any atom is -0.495 e. The highest BCUT2D eigenvalue weighted by Gasteiger charge is 2.30. The van der Waals surface area contributed by atoms with Gasteiger partial charge >= 0.3 is 6.04 Å². The minimum atomic E-state index is -1.77. The molecule has 0 amide bonds. The summed E-state index contributed by atoms with van der Waals surface area (Å²) in [5.41, 5.74) is 2.52. The first-order valence-corrected chi connectivity index (χ1v) is 16.0. The molecular weight excluding hydrogens is 614 g/mol. The highest BCUT2D eigenvalue weighted by molar-refractivity contribution is 6.37. The summed E-state index contributed by atoms with van der Waals surface area (Å²) in [6.07, 6.45) is 1.02. The van der Waals surface area contributed by atoms with Crippen LogP contribution in [0, 0.1) is 0 Å². The van der Waals surface area contributed by atoms with Crippen molar-refractivity contribution in [2.24, 2.45) is 0 Å². The first-order chi connectivity index (χ1) is 21.7. The van der Waals surface area contributed by atoms with Crippen molar-refractivity contribution in [3.05, 3.63) is 112 Å². The second kappa shape index (κ2) is 17.0. The number of benzene rings is 4. The van der Waals surface area contributed by atoms with Crippen molar-refractivity contribution in [3.63, 3.8) is 0 Å². The number of carbonyl (C=O) groups is 1. The number of piperazine rings is 1. The van der Waals surface area contributed by atoms with Gasteiger partial charge in [0.1, 0.15) is 5.75 Å². The molecule has 0 radical (unpaired) electrons. The predicted octanol–water partition coefficient (Wildman–Crippen LogP) is 7.78. The van der Waals surface area contributed by atoms with E-state index >= 15 is 0 Å². The SMILES string of the molecule is CCCC[C@@H]([C@@H](O)c1ccc2c(Cl)c(OC)ccc2c1)N1CCN(Cc2ccccc2)CC1.O=C(F)[C@H](O)c1ccc(Cl)cc1. The molecule has 0 saturated carbocycles. The molecule has 1 heterocycles. The monoisotopic (exact) mass is 654 g/mol. The van der Waals surface area contributed by atoms with Crippen LogP contribution in [0.3, 0.4) is 0 Å². The van der Waals surface area contributed by atoms with Crippen LogP contribution in [0.4, 0.5) is 4.39 Å². The molecular formula is C36H41Cl2FN2O4. The Hall–Kier alpha value is -3.04. The third kappa shape index (κ3) is 9.49. The van der Waals surface area contributed by atoms with Gasteiger partial charge in [-0.05, 0) is 52.8 Å². The third-order valence-corrected chi connectivity index (χ3v) is 8.89. The van der Waals surface area contributed by atoms with Gasteiger partial charge in [0.2, 0.25) is 0 Å². The Labute approximate surface area is 274 Å². The van der Waals surface area contributed by atoms with Crippen molar-refractivity contribution < 1.29 is 24.1 Å². The lowest BCUT2D eigenvalue weighted by atomic mass is 9.94. The molecule has 0 unspecified atom stereocenters. The van der Waals surface area contributed by atoms with Gasteiger partial charge in [0.05, 0.1) is 18.2 Å². The topological polar surface area (TPSA) is 73.2 Å². The number of rotatable bonds is 11. The van der Waals surface area contributed by atoms with Gasteiger partial charge in [-0.3, -0.25) is 14.6 Å². The van der Waals surface area contributed by atoms with Crippen LogP contribution >= 0.6 is 23.2 Å². The average molecular weight is 656 g/mol. The number of ether oxygens (including phenoxy) is 1. The summed E-state index contributed by atoms with van der Waals surface area (Å²) in [5, 5.41) is 23.5. The normalized spacial score (nSPS) is 16.0. The fourth-order valence-electron chi connectivity index (χ4n) is 5.68. The molecule has 0 bridgehead atoms. The van der Waals surface area contributed by atoms with Gasteiger partial charge in [0, 0.05) is 49.2 Å². The van der Waals surface area contributed by atoms with E-state index in [0.29, 0.717) is 15.8 Å². The summed E-state index contributed by atoms with van der Waals surface area (Å²) in [6.45, 7) is 7.22. The second-order valence-corrected chi connectivity index (χ2v) is 12.1. The maximum absolute atomic E-state index is 12.0. The number of aliphatic hydroxyl groups excluding tert-OH is 2. The zero-order valence-electron chi connectivity index (χ0n) is 25.7. The summed E-state index contributed by atoms with van der Waals surface area (Å²) in [7, 11) is 1.63. The maximum atomic E-state index is 12.0. The largest absolute Gasteiger partial charge is 0.495 e. The number of aliphatic hydroxyl groups is 2. The van der Waals surface area contributed by atoms with E-state index in [1.54, 1.807) is 7.11 Å². The number of hydrogen-bond donors (Lipinski definition) is 2. The van der Waals surface area contributed by atoms with Crippen molar-refractivity contribution >= 4 is 40.0 Å². The first-order valence-electron chi connectivity index (χ1n) is 15.3. The van der Waals surface area contributed by atoms with E-state index in [4.69, 9.17) is 33.0 Å². The Morgan fingerprint density at radius 3 is 2.20 bits per heavy atom. The van der Waals surface area contributed by atoms with Crippen molar-refractivity contribution in [2.75, 3.05) is 33.3 Å². The summed E-state index contributed by atoms with van der Waals surface area (Å²) >= 11 is 12.0. The van der Waals surface area contributed by atoms with E-state index in [-0.39, 0.29) is 11.6 Å². The fraction of sp³-hybridized carbons (Fsp3) is 0.361. The lowest BCUT2D eigenvalue weighted by Gasteiger charge is -2.41. The van der Waals surface area contributed by atoms with E-state index in [2.05, 4.69) is 53.1 Å². The Balaban J connectivity index is 0.000000323. The Morgan fingerprint density at radius 2 is 1.58 bits per heavy atom. The second-order valence-electron chi connectivity index (χ2n) is 11.3. The molecule has 1 aliphatic rings. The summed E-state index contributed by atoms with van der Waals surface area (Å²) < 4.78 is 17.3. The van der Waals surface area contributed by atoms with Crippen molar-refractivity contribution in [3.8, 4) is 5.75 Å². The number of fused-ring (bicyclic) bond motifs is 1. The first kappa shape index (κ1) is 34.8. The van der Waals surface area contributed by atoms with Gasteiger partial charge in [-0.15, -0.1) is 0 Å². The smallest absolute Gasteiger partial charge is 0.334 e. The van der Waals surface area contributed by atoms with Crippen LogP contribution in [-0.2, 0) is 11.3 Å². The third-order valence-electron chi connectivity index (χ3n) is 8.25. The van der Waals surface area contributed by atoms with Crippen LogP contribution in [-0.4, -0.2) is 65.4 Å². The van der Waals surface area contributed by atoms with E-state index in [9.17, 15) is 14.3 Å². The average Bonchev–Trinajstić information content (AvgIpc) is 3.06. The molecule has 9 heteroatoms. The molecule has 1 saturated heterocycles. The number of hydrogen-bond acceptors (Lipinski definition) is 6. The van der Waals surface area contributed by atoms with Crippen molar-refractivity contribution in [1.82, 2.24) is 9.80 Å². The quantitative estimate of drug-likeness (QED) is 0.161. The maximum Gasteiger partial charge on any atom is 0.334 e. The Kier molecular flexibility index (Phi) is 13.2. The number of nitrogens with zero attached hydrogens (tertiary/aromatic N) is 2. The molecule has 1 fully saturated rings. The van der Waals surface area contributed by atoms with Crippen LogP contribution in [0.25, 0.3) is 10.8 Å². The molecule has 0 aromatic heterocycles. The molecule has 4 aromatic rings. The van der Waals surface area contributed by atoms with E-state index in [0.717, 1.165) is 68.3 Å². The molecule has 6 nitrogen and oxygen atoms in total. The molecule has 0 spiro atoms. The van der Waals surface area contributed by atoms with E-state index < -0.39 is 18.2 Å². The predicted molar refractivity (Wildman–Crippen MR) is 180 cm³/mol. The van der Waals surface area contributed by atoms with Crippen molar-refractivity contribution in [1.29, 1.82) is 0 Å². The molecule has 240 valence electrons. The van der Waals surface area contributed by atoms with Gasteiger partial charge in [-0.1, -0.05) is 104 Å². The molecule has 45 heavy (non-hydrogen) atoms. The highest BCUT2D eigenvalue weighted by atomic mass is 35.5. The zero-order valence-corrected chi connectivity index (χ0v) is 27.2. The molecule has 2 N–H and O–H groups in total. The molecule has 5 rings (SSSR count). The Bertz CT molecular complexity index is 1520. The number of halogens is 3. The van der Waals surface area contributed by atoms with Crippen LogP contribution in [0.15, 0.2) is 84.9 Å². The van der Waals surface area contributed by atoms with E-state index in [1.165, 1.54) is 29.8 Å². The number of unbranched alkanes of at least 4 members (excludes halogenated alkanes) is 1. The van der Waals surface area contributed by atoms with Gasteiger partial charge in [-0.2, -0.15) is 4.39 Å². The van der Waals surface area contributed by atoms with Crippen molar-refractivity contribution in [2.45, 2.75) is 51.0 Å². The molecule has 0 aliphatic carbocycles. The lowest BCUT2D eigenvalue weighted by Crippen LogP contribution is -2.51. The summed E-state index contributed by atoms with van der Waals surface area (Å²) in [4.78, 5) is 15.1. The van der Waals surface area contributed by atoms with E-state index in [1.807, 2.05) is 24.3 Å². The Morgan fingerprint density at radius 1 is 0.911 bits per heavy atom. The summed E-state index contributed by atoms with van der Waals surface area (Å²) in [5.74, 6) is 0.673. The van der Waals surface area contributed by atoms with Gasteiger partial charge in [0.25, 0.3) is 0 Å². The van der Waals surface area contributed by atoms with Crippen LogP contribution < -0.4 is 4.74 Å². The summed E-state index contributed by atoms with van der Waals surface area (Å²) in [6, 6.07) is 24.8. The van der Waals surface area contributed by atoms with Crippen LogP contribution in [0.5, 0.6) is 5.75 Å². The lowest BCUT2D eigenvalue weighted by molar-refractivity contribution is -0.138. The molecule has 4 aromatic carbocycles. The van der Waals surface area contributed by atoms with Gasteiger partial charge in [-0.25, -0.2) is 0 Å².